The van der Waals surface area contributed by atoms with E-state index in [9.17, 15) is 4.79 Å². The number of rotatable bonds is 3. The Bertz CT molecular complexity index is 420. The molecule has 0 saturated heterocycles. The van der Waals surface area contributed by atoms with Gasteiger partial charge in [-0.05, 0) is 30.9 Å². The fraction of sp³-hybridized carbons (Fsp3) is 0.429. The molecular weight excluding hydrogens is 198 g/mol. The Morgan fingerprint density at radius 1 is 1.25 bits per heavy atom. The molecule has 0 fully saturated rings. The van der Waals surface area contributed by atoms with Crippen LogP contribution in [0.1, 0.15) is 35.3 Å². The van der Waals surface area contributed by atoms with Crippen molar-refractivity contribution in [1.82, 2.24) is 0 Å². The van der Waals surface area contributed by atoms with Crippen LogP contribution >= 0.6 is 0 Å². The van der Waals surface area contributed by atoms with E-state index in [0.717, 1.165) is 11.1 Å². The van der Waals surface area contributed by atoms with Crippen LogP contribution in [0.5, 0.6) is 0 Å². The van der Waals surface area contributed by atoms with Crippen molar-refractivity contribution in [3.05, 3.63) is 34.9 Å². The van der Waals surface area contributed by atoms with Gasteiger partial charge in [0.05, 0.1) is 6.07 Å². The number of benzene rings is 1. The molecule has 0 aliphatic heterocycles. The van der Waals surface area contributed by atoms with Crippen LogP contribution in [0, 0.1) is 37.0 Å². The molecule has 0 bridgehead atoms. The fourth-order valence-corrected chi connectivity index (χ4v) is 1.87. The van der Waals surface area contributed by atoms with E-state index in [4.69, 9.17) is 5.26 Å². The summed E-state index contributed by atoms with van der Waals surface area (Å²) in [6.45, 7) is 7.63. The van der Waals surface area contributed by atoms with E-state index < -0.39 is 5.92 Å². The maximum Gasteiger partial charge on any atom is 0.180 e. The Labute approximate surface area is 96.9 Å². The maximum atomic E-state index is 12.2. The maximum absolute atomic E-state index is 12.2. The molecule has 16 heavy (non-hydrogen) atoms. The van der Waals surface area contributed by atoms with Gasteiger partial charge in [0, 0.05) is 5.56 Å². The molecule has 1 unspecified atom stereocenters. The molecular formula is C14H17NO. The number of carbonyl (C=O) groups excluding carboxylic acids is 1. The second-order valence-electron chi connectivity index (χ2n) is 4.48. The van der Waals surface area contributed by atoms with Crippen LogP contribution in [-0.4, -0.2) is 5.78 Å². The van der Waals surface area contributed by atoms with E-state index in [-0.39, 0.29) is 11.7 Å². The van der Waals surface area contributed by atoms with Crippen LogP contribution in [0.4, 0.5) is 0 Å². The van der Waals surface area contributed by atoms with E-state index in [1.807, 2.05) is 45.9 Å². The Kier molecular flexibility index (Phi) is 3.84. The molecule has 1 aromatic carbocycles. The van der Waals surface area contributed by atoms with Gasteiger partial charge in [0.15, 0.2) is 5.78 Å². The smallest absolute Gasteiger partial charge is 0.180 e. The molecule has 0 radical (unpaired) electrons. The number of ketones is 1. The Hall–Kier alpha value is -1.62. The van der Waals surface area contributed by atoms with Crippen molar-refractivity contribution in [1.29, 1.82) is 5.26 Å². The minimum Gasteiger partial charge on any atom is -0.293 e. The monoisotopic (exact) mass is 215 g/mol. The molecule has 0 aliphatic rings. The summed E-state index contributed by atoms with van der Waals surface area (Å²) in [4.78, 5) is 12.2. The van der Waals surface area contributed by atoms with Crippen molar-refractivity contribution >= 4 is 5.78 Å². The molecule has 1 atom stereocenters. The van der Waals surface area contributed by atoms with E-state index in [1.54, 1.807) is 0 Å². The number of hydrogen-bond donors (Lipinski definition) is 0. The first-order valence-corrected chi connectivity index (χ1v) is 5.49. The summed E-state index contributed by atoms with van der Waals surface area (Å²) in [6, 6.07) is 7.86. The third-order valence-electron chi connectivity index (χ3n) is 2.82. The lowest BCUT2D eigenvalue weighted by atomic mass is 9.86. The zero-order valence-electron chi connectivity index (χ0n) is 10.2. The predicted molar refractivity (Wildman–Crippen MR) is 64.2 cm³/mol. The highest BCUT2D eigenvalue weighted by atomic mass is 16.1. The van der Waals surface area contributed by atoms with Crippen LogP contribution in [0.15, 0.2) is 18.2 Å². The highest BCUT2D eigenvalue weighted by molar-refractivity contribution is 6.01. The van der Waals surface area contributed by atoms with Crippen molar-refractivity contribution < 1.29 is 4.79 Å². The third-order valence-corrected chi connectivity index (χ3v) is 2.82. The molecule has 0 heterocycles. The number of nitrogens with zero attached hydrogens (tertiary/aromatic N) is 1. The van der Waals surface area contributed by atoms with E-state index in [1.165, 1.54) is 0 Å². The quantitative estimate of drug-likeness (QED) is 0.726. The summed E-state index contributed by atoms with van der Waals surface area (Å²) >= 11 is 0. The summed E-state index contributed by atoms with van der Waals surface area (Å²) in [5.41, 5.74) is 2.61. The second-order valence-corrected chi connectivity index (χ2v) is 4.48. The predicted octanol–water partition coefficient (Wildman–Crippen LogP) is 3.28. The largest absolute Gasteiger partial charge is 0.293 e. The van der Waals surface area contributed by atoms with Crippen molar-refractivity contribution in [2.24, 2.45) is 11.8 Å². The first-order chi connectivity index (χ1) is 7.49. The van der Waals surface area contributed by atoms with E-state index >= 15 is 0 Å². The van der Waals surface area contributed by atoms with Gasteiger partial charge in [0.25, 0.3) is 0 Å². The minimum atomic E-state index is -0.542. The molecule has 0 spiro atoms. The molecule has 0 aromatic heterocycles. The Morgan fingerprint density at radius 3 is 2.12 bits per heavy atom. The minimum absolute atomic E-state index is 0.0481. The lowest BCUT2D eigenvalue weighted by molar-refractivity contribution is 0.0923. The van der Waals surface area contributed by atoms with Gasteiger partial charge in [0.1, 0.15) is 5.92 Å². The summed E-state index contributed by atoms with van der Waals surface area (Å²) in [5, 5.41) is 9.04. The Balaban J connectivity index is 3.20. The molecule has 0 saturated carbocycles. The van der Waals surface area contributed by atoms with Crippen molar-refractivity contribution in [2.45, 2.75) is 27.7 Å². The van der Waals surface area contributed by atoms with Crippen LogP contribution in [-0.2, 0) is 0 Å². The average molecular weight is 215 g/mol. The molecule has 0 amide bonds. The third kappa shape index (κ3) is 2.30. The molecule has 2 heteroatoms. The van der Waals surface area contributed by atoms with Gasteiger partial charge in [-0.1, -0.05) is 32.0 Å². The second kappa shape index (κ2) is 4.94. The van der Waals surface area contributed by atoms with E-state index in [2.05, 4.69) is 6.07 Å². The Morgan fingerprint density at radius 2 is 1.75 bits per heavy atom. The standard InChI is InChI=1S/C14H17NO/c1-9(2)12(8-15)14(16)13-10(3)6-5-7-11(13)4/h5-7,9,12H,1-4H3. The first kappa shape index (κ1) is 12.4. The first-order valence-electron chi connectivity index (χ1n) is 5.49. The average Bonchev–Trinajstić information content (AvgIpc) is 2.17. The van der Waals surface area contributed by atoms with Crippen molar-refractivity contribution in [3.63, 3.8) is 0 Å². The van der Waals surface area contributed by atoms with Crippen LogP contribution in [0.25, 0.3) is 0 Å². The van der Waals surface area contributed by atoms with Gasteiger partial charge in [-0.25, -0.2) is 0 Å². The number of Topliss-reactive ketones (excluding diaryl/α,β-unsaturated/α-hetero) is 1. The molecule has 0 aliphatic carbocycles. The molecule has 1 rings (SSSR count). The topological polar surface area (TPSA) is 40.9 Å². The van der Waals surface area contributed by atoms with Crippen molar-refractivity contribution in [3.8, 4) is 6.07 Å². The summed E-state index contributed by atoms with van der Waals surface area (Å²) in [6.07, 6.45) is 0. The highest BCUT2D eigenvalue weighted by Crippen LogP contribution is 2.21. The lowest BCUT2D eigenvalue weighted by Gasteiger charge is -2.15. The van der Waals surface area contributed by atoms with Gasteiger partial charge in [-0.3, -0.25) is 4.79 Å². The van der Waals surface area contributed by atoms with E-state index in [0.29, 0.717) is 5.56 Å². The zero-order chi connectivity index (χ0) is 12.3. The van der Waals surface area contributed by atoms with Crippen molar-refractivity contribution in [2.75, 3.05) is 0 Å². The number of nitriles is 1. The molecule has 1 aromatic rings. The van der Waals surface area contributed by atoms with Crippen LogP contribution < -0.4 is 0 Å². The summed E-state index contributed by atoms with van der Waals surface area (Å²) in [5.74, 6) is -0.538. The van der Waals surface area contributed by atoms with Gasteiger partial charge < -0.3 is 0 Å². The van der Waals surface area contributed by atoms with Crippen LogP contribution in [0.3, 0.4) is 0 Å². The zero-order valence-corrected chi connectivity index (χ0v) is 10.2. The number of hydrogen-bond acceptors (Lipinski definition) is 2. The molecule has 0 N–H and O–H groups in total. The van der Waals surface area contributed by atoms with Gasteiger partial charge in [-0.15, -0.1) is 0 Å². The molecule has 84 valence electrons. The van der Waals surface area contributed by atoms with Crippen LogP contribution in [0.2, 0.25) is 0 Å². The lowest BCUT2D eigenvalue weighted by Crippen LogP contribution is -2.20. The normalized spacial score (nSPS) is 12.2. The number of carbonyl (C=O) groups is 1. The molecule has 2 nitrogen and oxygen atoms in total. The highest BCUT2D eigenvalue weighted by Gasteiger charge is 2.25. The SMILES string of the molecule is Cc1cccc(C)c1C(=O)C(C#N)C(C)C. The van der Waals surface area contributed by atoms with Gasteiger partial charge in [-0.2, -0.15) is 5.26 Å². The summed E-state index contributed by atoms with van der Waals surface area (Å²) in [7, 11) is 0. The fourth-order valence-electron chi connectivity index (χ4n) is 1.87. The summed E-state index contributed by atoms with van der Waals surface area (Å²) < 4.78 is 0. The van der Waals surface area contributed by atoms with Gasteiger partial charge >= 0.3 is 0 Å². The van der Waals surface area contributed by atoms with Gasteiger partial charge in [0.2, 0.25) is 0 Å². The number of aryl methyl sites for hydroxylation is 2.